The summed E-state index contributed by atoms with van der Waals surface area (Å²) < 4.78 is 26.2. The summed E-state index contributed by atoms with van der Waals surface area (Å²) >= 11 is 1.65. The van der Waals surface area contributed by atoms with E-state index in [1.54, 1.807) is 23.5 Å². The van der Waals surface area contributed by atoms with Crippen LogP contribution in [0, 0.1) is 6.92 Å². The normalized spacial score (nSPS) is 20.4. The van der Waals surface area contributed by atoms with Crippen molar-refractivity contribution in [2.45, 2.75) is 30.2 Å². The van der Waals surface area contributed by atoms with Gasteiger partial charge in [0.2, 0.25) is 0 Å². The SMILES string of the molecule is Cc1ccc(S(=O)(=O)NC(=O)NC2CC2c2cccs2)cc1. The lowest BCUT2D eigenvalue weighted by Gasteiger charge is -2.08. The molecule has 2 N–H and O–H groups in total. The lowest BCUT2D eigenvalue weighted by Crippen LogP contribution is -2.40. The van der Waals surface area contributed by atoms with Crippen molar-refractivity contribution in [1.82, 2.24) is 10.0 Å². The van der Waals surface area contributed by atoms with Crippen LogP contribution >= 0.6 is 11.3 Å². The quantitative estimate of drug-likeness (QED) is 0.901. The third-order valence-corrected chi connectivity index (χ3v) is 5.93. The standard InChI is InChI=1S/C15H16N2O3S2/c1-10-4-6-11(7-5-10)22(19,20)17-15(18)16-13-9-12(13)14-3-2-8-21-14/h2-8,12-13H,9H2,1H3,(H2,16,17,18). The first-order valence-electron chi connectivity index (χ1n) is 6.89. The number of nitrogens with one attached hydrogen (secondary N) is 2. The van der Waals surface area contributed by atoms with Gasteiger partial charge in [0, 0.05) is 16.8 Å². The Bertz CT molecular complexity index is 768. The number of rotatable bonds is 4. The average Bonchev–Trinajstić information content (AvgIpc) is 3.00. The lowest BCUT2D eigenvalue weighted by atomic mass is 10.2. The molecule has 1 aromatic heterocycles. The molecule has 0 bridgehead atoms. The van der Waals surface area contributed by atoms with Crippen molar-refractivity contribution >= 4 is 27.4 Å². The van der Waals surface area contributed by atoms with E-state index in [4.69, 9.17) is 0 Å². The van der Waals surface area contributed by atoms with Crippen LogP contribution in [0.2, 0.25) is 0 Å². The Morgan fingerprint density at radius 2 is 1.95 bits per heavy atom. The molecule has 2 atom stereocenters. The van der Waals surface area contributed by atoms with E-state index in [2.05, 4.69) is 10.0 Å². The summed E-state index contributed by atoms with van der Waals surface area (Å²) in [7, 11) is -3.82. The van der Waals surface area contributed by atoms with E-state index in [1.165, 1.54) is 17.0 Å². The number of thiophene rings is 1. The second-order valence-corrected chi connectivity index (χ2v) is 8.02. The van der Waals surface area contributed by atoms with E-state index in [0.29, 0.717) is 5.92 Å². The molecule has 1 aromatic carbocycles. The molecular weight excluding hydrogens is 320 g/mol. The maximum Gasteiger partial charge on any atom is 0.328 e. The molecule has 0 radical (unpaired) electrons. The summed E-state index contributed by atoms with van der Waals surface area (Å²) in [5.41, 5.74) is 0.958. The van der Waals surface area contributed by atoms with Gasteiger partial charge in [0.15, 0.2) is 0 Å². The molecule has 1 aliphatic rings. The van der Waals surface area contributed by atoms with Gasteiger partial charge in [-0.3, -0.25) is 0 Å². The number of hydrogen-bond donors (Lipinski definition) is 2. The van der Waals surface area contributed by atoms with Crippen LogP contribution in [0.4, 0.5) is 4.79 Å². The summed E-state index contributed by atoms with van der Waals surface area (Å²) in [5.74, 6) is 0.299. The summed E-state index contributed by atoms with van der Waals surface area (Å²) in [5, 5.41) is 4.70. The minimum Gasteiger partial charge on any atom is -0.334 e. The molecule has 116 valence electrons. The van der Waals surface area contributed by atoms with E-state index in [9.17, 15) is 13.2 Å². The summed E-state index contributed by atoms with van der Waals surface area (Å²) in [4.78, 5) is 13.2. The monoisotopic (exact) mass is 336 g/mol. The molecule has 2 aromatic rings. The van der Waals surface area contributed by atoms with Crippen LogP contribution in [0.15, 0.2) is 46.7 Å². The summed E-state index contributed by atoms with van der Waals surface area (Å²) in [6.45, 7) is 1.87. The fourth-order valence-electron chi connectivity index (χ4n) is 2.27. The molecular formula is C15H16N2O3S2. The minimum atomic E-state index is -3.82. The lowest BCUT2D eigenvalue weighted by molar-refractivity contribution is 0.245. The van der Waals surface area contributed by atoms with Crippen molar-refractivity contribution < 1.29 is 13.2 Å². The predicted molar refractivity (Wildman–Crippen MR) is 85.5 cm³/mol. The van der Waals surface area contributed by atoms with Crippen molar-refractivity contribution in [3.05, 3.63) is 52.2 Å². The number of sulfonamides is 1. The Morgan fingerprint density at radius 3 is 2.59 bits per heavy atom. The number of hydrogen-bond acceptors (Lipinski definition) is 4. The Hall–Kier alpha value is -1.86. The zero-order chi connectivity index (χ0) is 15.7. The van der Waals surface area contributed by atoms with Crippen LogP contribution in [0.5, 0.6) is 0 Å². The highest BCUT2D eigenvalue weighted by Gasteiger charge is 2.40. The Labute approximate surface area is 133 Å². The van der Waals surface area contributed by atoms with E-state index >= 15 is 0 Å². The van der Waals surface area contributed by atoms with Gasteiger partial charge in [0.05, 0.1) is 4.90 Å². The van der Waals surface area contributed by atoms with E-state index in [0.717, 1.165) is 12.0 Å². The first-order valence-corrected chi connectivity index (χ1v) is 9.25. The van der Waals surface area contributed by atoms with Crippen molar-refractivity contribution in [2.75, 3.05) is 0 Å². The van der Waals surface area contributed by atoms with Gasteiger partial charge in [-0.15, -0.1) is 11.3 Å². The Morgan fingerprint density at radius 1 is 1.23 bits per heavy atom. The van der Waals surface area contributed by atoms with E-state index in [-0.39, 0.29) is 10.9 Å². The van der Waals surface area contributed by atoms with Crippen LogP contribution in [-0.4, -0.2) is 20.5 Å². The molecule has 5 nitrogen and oxygen atoms in total. The van der Waals surface area contributed by atoms with Gasteiger partial charge >= 0.3 is 6.03 Å². The van der Waals surface area contributed by atoms with E-state index in [1.807, 2.05) is 24.4 Å². The average molecular weight is 336 g/mol. The van der Waals surface area contributed by atoms with Crippen LogP contribution in [-0.2, 0) is 10.0 Å². The first kappa shape index (κ1) is 15.1. The molecule has 0 saturated heterocycles. The second kappa shape index (κ2) is 5.73. The van der Waals surface area contributed by atoms with Gasteiger partial charge in [0.1, 0.15) is 0 Å². The zero-order valence-electron chi connectivity index (χ0n) is 11.9. The van der Waals surface area contributed by atoms with Gasteiger partial charge in [0.25, 0.3) is 10.0 Å². The summed E-state index contributed by atoms with van der Waals surface area (Å²) in [6, 6.07) is 9.68. The van der Waals surface area contributed by atoms with Gasteiger partial charge in [-0.25, -0.2) is 17.9 Å². The van der Waals surface area contributed by atoms with Crippen molar-refractivity contribution in [2.24, 2.45) is 0 Å². The molecule has 1 heterocycles. The smallest absolute Gasteiger partial charge is 0.328 e. The second-order valence-electron chi connectivity index (χ2n) is 5.36. The molecule has 2 unspecified atom stereocenters. The number of aryl methyl sites for hydroxylation is 1. The van der Waals surface area contributed by atoms with Crippen molar-refractivity contribution in [3.8, 4) is 0 Å². The highest BCUT2D eigenvalue weighted by atomic mass is 32.2. The maximum atomic E-state index is 12.1. The van der Waals surface area contributed by atoms with Crippen molar-refractivity contribution in [1.29, 1.82) is 0 Å². The first-order chi connectivity index (χ1) is 10.5. The predicted octanol–water partition coefficient (Wildman–Crippen LogP) is 2.60. The largest absolute Gasteiger partial charge is 0.334 e. The summed E-state index contributed by atoms with van der Waals surface area (Å²) in [6.07, 6.45) is 0.846. The molecule has 1 fully saturated rings. The van der Waals surface area contributed by atoms with Crippen molar-refractivity contribution in [3.63, 3.8) is 0 Å². The molecule has 0 aliphatic heterocycles. The third-order valence-electron chi connectivity index (χ3n) is 3.57. The topological polar surface area (TPSA) is 75.3 Å². The number of carbonyl (C=O) groups is 1. The van der Waals surface area contributed by atoms with Gasteiger partial charge < -0.3 is 5.32 Å². The Balaban J connectivity index is 1.59. The number of urea groups is 1. The molecule has 7 heteroatoms. The molecule has 2 amide bonds. The third kappa shape index (κ3) is 3.31. The number of benzene rings is 1. The van der Waals surface area contributed by atoms with E-state index < -0.39 is 16.1 Å². The van der Waals surface area contributed by atoms with Crippen LogP contribution < -0.4 is 10.0 Å². The minimum absolute atomic E-state index is 0.00636. The van der Waals surface area contributed by atoms with Crippen LogP contribution in [0.25, 0.3) is 0 Å². The Kier molecular flexibility index (Phi) is 3.92. The number of carbonyl (C=O) groups excluding carboxylic acids is 1. The van der Waals surface area contributed by atoms with Crippen LogP contribution in [0.3, 0.4) is 0 Å². The fourth-order valence-corrected chi connectivity index (χ4v) is 4.09. The molecule has 0 spiro atoms. The number of amides is 2. The molecule has 22 heavy (non-hydrogen) atoms. The molecule has 1 aliphatic carbocycles. The highest BCUT2D eigenvalue weighted by molar-refractivity contribution is 7.90. The molecule has 1 saturated carbocycles. The highest BCUT2D eigenvalue weighted by Crippen LogP contribution is 2.42. The zero-order valence-corrected chi connectivity index (χ0v) is 13.6. The molecule has 3 rings (SSSR count). The maximum absolute atomic E-state index is 12.1. The fraction of sp³-hybridized carbons (Fsp3) is 0.267. The van der Waals surface area contributed by atoms with Gasteiger partial charge in [-0.05, 0) is 36.9 Å². The van der Waals surface area contributed by atoms with Gasteiger partial charge in [-0.2, -0.15) is 0 Å². The van der Waals surface area contributed by atoms with Gasteiger partial charge in [-0.1, -0.05) is 23.8 Å². The van der Waals surface area contributed by atoms with Crippen LogP contribution in [0.1, 0.15) is 22.8 Å².